The predicted octanol–water partition coefficient (Wildman–Crippen LogP) is 4.04. The number of benzene rings is 1. The zero-order valence-electron chi connectivity index (χ0n) is 8.24. The second-order valence-corrected chi connectivity index (χ2v) is 5.07. The first-order valence-electron chi connectivity index (χ1n) is 4.53. The van der Waals surface area contributed by atoms with Gasteiger partial charge in [0.2, 0.25) is 0 Å². The molecule has 0 amide bonds. The van der Waals surface area contributed by atoms with E-state index < -0.39 is 0 Å². The van der Waals surface area contributed by atoms with E-state index in [0.717, 1.165) is 21.7 Å². The number of aryl methyl sites for hydroxylation is 1. The van der Waals surface area contributed by atoms with E-state index in [2.05, 4.69) is 33.0 Å². The molecule has 0 unspecified atom stereocenters. The summed E-state index contributed by atoms with van der Waals surface area (Å²) in [5.74, 6) is 1.77. The van der Waals surface area contributed by atoms with Gasteiger partial charge in [-0.3, -0.25) is 0 Å². The summed E-state index contributed by atoms with van der Waals surface area (Å²) < 4.78 is 6.37. The Hall–Kier alpha value is -0.740. The van der Waals surface area contributed by atoms with Crippen LogP contribution in [0.3, 0.4) is 0 Å². The van der Waals surface area contributed by atoms with Crippen molar-refractivity contribution in [1.29, 1.82) is 0 Å². The second-order valence-electron chi connectivity index (χ2n) is 3.10. The number of rotatable bonds is 3. The Bertz CT molecular complexity index is 438. The summed E-state index contributed by atoms with van der Waals surface area (Å²) in [6.07, 6.45) is 1.49. The normalized spacial score (nSPS) is 10.5. The number of thioether (sulfide) groups is 1. The fourth-order valence-corrected chi connectivity index (χ4v) is 2.31. The van der Waals surface area contributed by atoms with Gasteiger partial charge in [0.25, 0.3) is 0 Å². The average molecular weight is 284 g/mol. The van der Waals surface area contributed by atoms with Gasteiger partial charge in [0.1, 0.15) is 5.76 Å². The van der Waals surface area contributed by atoms with E-state index in [1.807, 2.05) is 19.1 Å². The molecule has 2 rings (SSSR count). The summed E-state index contributed by atoms with van der Waals surface area (Å²) in [7, 11) is 0. The molecule has 0 atom stereocenters. The maximum Gasteiger partial charge on any atom is 0.181 e. The first-order chi connectivity index (χ1) is 7.25. The Morgan fingerprint density at radius 3 is 2.67 bits per heavy atom. The third-order valence-electron chi connectivity index (χ3n) is 2.03. The van der Waals surface area contributed by atoms with E-state index in [0.29, 0.717) is 0 Å². The van der Waals surface area contributed by atoms with Crippen LogP contribution in [-0.4, -0.2) is 4.98 Å². The fourth-order valence-electron chi connectivity index (χ4n) is 1.14. The molecule has 0 saturated carbocycles. The zero-order valence-corrected chi connectivity index (χ0v) is 10.6. The van der Waals surface area contributed by atoms with Gasteiger partial charge >= 0.3 is 0 Å². The van der Waals surface area contributed by atoms with Gasteiger partial charge in [0.15, 0.2) is 6.39 Å². The van der Waals surface area contributed by atoms with Crippen LogP contribution in [-0.2, 0) is 5.75 Å². The van der Waals surface area contributed by atoms with Crippen LogP contribution in [0.5, 0.6) is 0 Å². The van der Waals surface area contributed by atoms with Crippen LogP contribution in [0.4, 0.5) is 0 Å². The monoisotopic (exact) mass is 283 g/mol. The fraction of sp³-hybridized carbons (Fsp3) is 0.182. The Kier molecular flexibility index (Phi) is 3.49. The van der Waals surface area contributed by atoms with Gasteiger partial charge in [-0.2, -0.15) is 0 Å². The van der Waals surface area contributed by atoms with E-state index in [9.17, 15) is 0 Å². The van der Waals surface area contributed by atoms with Crippen molar-refractivity contribution in [2.24, 2.45) is 0 Å². The predicted molar refractivity (Wildman–Crippen MR) is 64.9 cm³/mol. The summed E-state index contributed by atoms with van der Waals surface area (Å²) in [6, 6.07) is 8.24. The van der Waals surface area contributed by atoms with Crippen molar-refractivity contribution < 1.29 is 4.42 Å². The molecule has 0 saturated heterocycles. The van der Waals surface area contributed by atoms with Crippen LogP contribution < -0.4 is 0 Å². The molecule has 4 heteroatoms. The minimum absolute atomic E-state index is 0.827. The molecule has 0 fully saturated rings. The van der Waals surface area contributed by atoms with Crippen molar-refractivity contribution in [1.82, 2.24) is 4.98 Å². The minimum Gasteiger partial charge on any atom is -0.447 e. The van der Waals surface area contributed by atoms with E-state index in [1.165, 1.54) is 11.3 Å². The smallest absolute Gasteiger partial charge is 0.181 e. The van der Waals surface area contributed by atoms with Gasteiger partial charge in [0.05, 0.1) is 11.4 Å². The molecule has 2 nitrogen and oxygen atoms in total. The molecule has 0 radical (unpaired) electrons. The molecule has 0 spiro atoms. The lowest BCUT2D eigenvalue weighted by molar-refractivity contribution is 0.522. The first kappa shape index (κ1) is 10.8. The van der Waals surface area contributed by atoms with Crippen LogP contribution in [0.2, 0.25) is 0 Å². The molecule has 1 aromatic carbocycles. The van der Waals surface area contributed by atoms with E-state index >= 15 is 0 Å². The Morgan fingerprint density at radius 2 is 2.07 bits per heavy atom. The van der Waals surface area contributed by atoms with Crippen LogP contribution in [0.25, 0.3) is 0 Å². The molecule has 15 heavy (non-hydrogen) atoms. The summed E-state index contributed by atoms with van der Waals surface area (Å²) in [6.45, 7) is 1.96. The van der Waals surface area contributed by atoms with Crippen LogP contribution >= 0.6 is 27.7 Å². The van der Waals surface area contributed by atoms with Gasteiger partial charge < -0.3 is 4.42 Å². The second kappa shape index (κ2) is 4.86. The number of aromatic nitrogens is 1. The van der Waals surface area contributed by atoms with E-state index in [-0.39, 0.29) is 0 Å². The summed E-state index contributed by atoms with van der Waals surface area (Å²) in [5, 5.41) is 0. The highest BCUT2D eigenvalue weighted by Crippen LogP contribution is 2.25. The maximum atomic E-state index is 5.27. The van der Waals surface area contributed by atoms with Gasteiger partial charge in [-0.1, -0.05) is 15.9 Å². The minimum atomic E-state index is 0.827. The number of hydrogen-bond donors (Lipinski definition) is 0. The lowest BCUT2D eigenvalue weighted by atomic mass is 10.4. The summed E-state index contributed by atoms with van der Waals surface area (Å²) in [4.78, 5) is 5.29. The third kappa shape index (κ3) is 2.86. The Balaban J connectivity index is 1.99. The highest BCUT2D eigenvalue weighted by Gasteiger charge is 2.03. The topological polar surface area (TPSA) is 26.0 Å². The van der Waals surface area contributed by atoms with Gasteiger partial charge in [-0.05, 0) is 31.2 Å². The van der Waals surface area contributed by atoms with Crippen molar-refractivity contribution in [2.45, 2.75) is 17.6 Å². The van der Waals surface area contributed by atoms with Crippen molar-refractivity contribution in [3.8, 4) is 0 Å². The SMILES string of the molecule is Cc1ncoc1CSc1ccc(Br)cc1. The molecule has 1 heterocycles. The molecular formula is C11H10BrNOS. The van der Waals surface area contributed by atoms with E-state index in [4.69, 9.17) is 4.42 Å². The van der Waals surface area contributed by atoms with Crippen LogP contribution in [0, 0.1) is 6.92 Å². The zero-order chi connectivity index (χ0) is 10.7. The molecular weight excluding hydrogens is 274 g/mol. The number of hydrogen-bond acceptors (Lipinski definition) is 3. The Morgan fingerprint density at radius 1 is 1.33 bits per heavy atom. The highest BCUT2D eigenvalue weighted by atomic mass is 79.9. The van der Waals surface area contributed by atoms with Gasteiger partial charge in [-0.15, -0.1) is 11.8 Å². The summed E-state index contributed by atoms with van der Waals surface area (Å²) in [5.41, 5.74) is 0.972. The van der Waals surface area contributed by atoms with Crippen molar-refractivity contribution >= 4 is 27.7 Å². The lowest BCUT2D eigenvalue weighted by Crippen LogP contribution is -1.81. The van der Waals surface area contributed by atoms with Gasteiger partial charge in [0, 0.05) is 9.37 Å². The standard InChI is InChI=1S/C11H10BrNOS/c1-8-11(14-7-13-8)6-15-10-4-2-9(12)3-5-10/h2-5,7H,6H2,1H3. The molecule has 2 aromatic rings. The van der Waals surface area contributed by atoms with Crippen LogP contribution in [0.15, 0.2) is 44.4 Å². The molecule has 0 aliphatic carbocycles. The molecule has 78 valence electrons. The molecule has 1 aromatic heterocycles. The summed E-state index contributed by atoms with van der Waals surface area (Å²) >= 11 is 5.16. The number of oxazole rings is 1. The van der Waals surface area contributed by atoms with Crippen molar-refractivity contribution in [3.05, 3.63) is 46.6 Å². The third-order valence-corrected chi connectivity index (χ3v) is 3.57. The largest absolute Gasteiger partial charge is 0.447 e. The quantitative estimate of drug-likeness (QED) is 0.796. The van der Waals surface area contributed by atoms with Crippen molar-refractivity contribution in [3.63, 3.8) is 0 Å². The number of halogens is 1. The van der Waals surface area contributed by atoms with Crippen molar-refractivity contribution in [2.75, 3.05) is 0 Å². The van der Waals surface area contributed by atoms with Gasteiger partial charge in [-0.25, -0.2) is 4.98 Å². The van der Waals surface area contributed by atoms with E-state index in [1.54, 1.807) is 11.8 Å². The molecule has 0 aliphatic heterocycles. The lowest BCUT2D eigenvalue weighted by Gasteiger charge is -1.99. The first-order valence-corrected chi connectivity index (χ1v) is 6.31. The van der Waals surface area contributed by atoms with Crippen LogP contribution in [0.1, 0.15) is 11.5 Å². The number of nitrogens with zero attached hydrogens (tertiary/aromatic N) is 1. The average Bonchev–Trinajstić information content (AvgIpc) is 2.63. The molecule has 0 aliphatic rings. The maximum absolute atomic E-state index is 5.27. The highest BCUT2D eigenvalue weighted by molar-refractivity contribution is 9.10. The molecule has 0 N–H and O–H groups in total. The Labute approximate surface area is 101 Å². The molecule has 0 bridgehead atoms.